The van der Waals surface area contributed by atoms with Gasteiger partial charge in [-0.15, -0.1) is 23.1 Å². The second-order valence-corrected chi connectivity index (χ2v) is 8.36. The van der Waals surface area contributed by atoms with Gasteiger partial charge in [-0.2, -0.15) is 0 Å². The summed E-state index contributed by atoms with van der Waals surface area (Å²) >= 11 is 3.14. The topological polar surface area (TPSA) is 51.2 Å². The number of nitrogens with zero attached hydrogens (tertiary/aromatic N) is 1. The van der Waals surface area contributed by atoms with Gasteiger partial charge in [0, 0.05) is 15.3 Å². The highest BCUT2D eigenvalue weighted by Gasteiger charge is 2.23. The van der Waals surface area contributed by atoms with Crippen molar-refractivity contribution in [2.45, 2.75) is 24.7 Å². The molecule has 1 amide bonds. The predicted octanol–water partition coefficient (Wildman–Crippen LogP) is 5.20. The Balaban J connectivity index is 1.65. The third-order valence-corrected chi connectivity index (χ3v) is 6.59. The van der Waals surface area contributed by atoms with Crippen LogP contribution in [0.25, 0.3) is 11.3 Å². The van der Waals surface area contributed by atoms with Crippen LogP contribution in [0.2, 0.25) is 0 Å². The molecule has 4 rings (SSSR count). The van der Waals surface area contributed by atoms with Crippen molar-refractivity contribution in [1.82, 2.24) is 4.98 Å². The second-order valence-electron chi connectivity index (χ2n) is 6.42. The largest absolute Gasteiger partial charge is 0.496 e. The van der Waals surface area contributed by atoms with Crippen LogP contribution in [0.4, 0.5) is 5.13 Å². The van der Waals surface area contributed by atoms with E-state index in [1.54, 1.807) is 30.2 Å². The molecule has 1 aliphatic rings. The molecule has 1 heterocycles. The molecule has 0 spiro atoms. The van der Waals surface area contributed by atoms with E-state index >= 15 is 0 Å². The molecule has 0 atom stereocenters. The number of aryl methyl sites for hydroxylation is 3. The summed E-state index contributed by atoms with van der Waals surface area (Å²) in [5, 5.41) is 3.64. The third kappa shape index (κ3) is 3.35. The molecular weight excluding hydrogens is 376 g/mol. The van der Waals surface area contributed by atoms with Crippen LogP contribution in [0.1, 0.15) is 26.4 Å². The Morgan fingerprint density at radius 2 is 2.07 bits per heavy atom. The number of hydrogen-bond acceptors (Lipinski definition) is 5. The van der Waals surface area contributed by atoms with Crippen molar-refractivity contribution in [2.24, 2.45) is 0 Å². The first kappa shape index (κ1) is 18.1. The van der Waals surface area contributed by atoms with Gasteiger partial charge in [-0.25, -0.2) is 4.98 Å². The van der Waals surface area contributed by atoms with Gasteiger partial charge in [-0.1, -0.05) is 12.1 Å². The molecule has 1 aliphatic carbocycles. The monoisotopic (exact) mass is 396 g/mol. The van der Waals surface area contributed by atoms with Crippen molar-refractivity contribution in [3.63, 3.8) is 0 Å². The first-order valence-electron chi connectivity index (χ1n) is 8.72. The lowest BCUT2D eigenvalue weighted by Gasteiger charge is -2.17. The second kappa shape index (κ2) is 7.37. The summed E-state index contributed by atoms with van der Waals surface area (Å²) in [6.07, 6.45) is 3.87. The number of fused-ring (bicyclic) bond motifs is 3. The predicted molar refractivity (Wildman–Crippen MR) is 112 cm³/mol. The third-order valence-electron chi connectivity index (χ3n) is 4.77. The molecule has 4 nitrogen and oxygen atoms in total. The molecule has 1 aromatic heterocycles. The maximum Gasteiger partial charge on any atom is 0.258 e. The summed E-state index contributed by atoms with van der Waals surface area (Å²) in [5.74, 6) is 0.798. The molecular formula is C21H20N2O2S2. The van der Waals surface area contributed by atoms with E-state index in [2.05, 4.69) is 17.4 Å². The number of ether oxygens (including phenoxy) is 1. The fraction of sp³-hybridized carbons (Fsp3) is 0.238. The summed E-state index contributed by atoms with van der Waals surface area (Å²) in [6.45, 7) is 2.04. The minimum Gasteiger partial charge on any atom is -0.496 e. The highest BCUT2D eigenvalue weighted by molar-refractivity contribution is 7.98. The van der Waals surface area contributed by atoms with Gasteiger partial charge in [0.25, 0.3) is 5.91 Å². The number of methoxy groups -OCH3 is 1. The zero-order chi connectivity index (χ0) is 19.0. The zero-order valence-electron chi connectivity index (χ0n) is 15.5. The van der Waals surface area contributed by atoms with Gasteiger partial charge in [-0.05, 0) is 61.4 Å². The molecule has 0 saturated heterocycles. The number of nitrogens with one attached hydrogen (secondary N) is 1. The van der Waals surface area contributed by atoms with Gasteiger partial charge < -0.3 is 4.74 Å². The lowest BCUT2D eigenvalue weighted by molar-refractivity contribution is 0.102. The highest BCUT2D eigenvalue weighted by Crippen LogP contribution is 2.40. The SMILES string of the molecule is COc1cc2c(cc1C)-c1nc(NC(=O)c3ccccc3SC)sc1CC2. The first-order valence-corrected chi connectivity index (χ1v) is 10.8. The molecule has 6 heteroatoms. The van der Waals surface area contributed by atoms with E-state index in [1.807, 2.05) is 37.4 Å². The average molecular weight is 397 g/mol. The molecule has 0 aliphatic heterocycles. The van der Waals surface area contributed by atoms with Crippen molar-refractivity contribution in [3.05, 3.63) is 58.0 Å². The van der Waals surface area contributed by atoms with E-state index in [9.17, 15) is 4.79 Å². The summed E-state index contributed by atoms with van der Waals surface area (Å²) in [4.78, 5) is 19.6. The Morgan fingerprint density at radius 1 is 1.26 bits per heavy atom. The molecule has 3 aromatic rings. The minimum absolute atomic E-state index is 0.114. The van der Waals surface area contributed by atoms with Crippen LogP contribution in [-0.2, 0) is 12.8 Å². The van der Waals surface area contributed by atoms with Crippen molar-refractivity contribution < 1.29 is 9.53 Å². The lowest BCUT2D eigenvalue weighted by atomic mass is 9.91. The molecule has 0 bridgehead atoms. The van der Waals surface area contributed by atoms with Crippen molar-refractivity contribution in [1.29, 1.82) is 0 Å². The van der Waals surface area contributed by atoms with Crippen LogP contribution in [-0.4, -0.2) is 24.3 Å². The number of hydrogen-bond donors (Lipinski definition) is 1. The Labute approximate surface area is 167 Å². The van der Waals surface area contributed by atoms with E-state index in [-0.39, 0.29) is 5.91 Å². The van der Waals surface area contributed by atoms with Crippen LogP contribution in [0.3, 0.4) is 0 Å². The Morgan fingerprint density at radius 3 is 2.85 bits per heavy atom. The van der Waals surface area contributed by atoms with Crippen molar-refractivity contribution in [2.75, 3.05) is 18.7 Å². The molecule has 2 aromatic carbocycles. The number of aromatic nitrogens is 1. The van der Waals surface area contributed by atoms with Gasteiger partial charge in [0.05, 0.1) is 18.4 Å². The fourth-order valence-electron chi connectivity index (χ4n) is 3.41. The maximum atomic E-state index is 12.7. The molecule has 0 fully saturated rings. The van der Waals surface area contributed by atoms with Crippen LogP contribution in [0.5, 0.6) is 5.75 Å². The van der Waals surface area contributed by atoms with E-state index in [0.29, 0.717) is 10.7 Å². The summed E-state index contributed by atoms with van der Waals surface area (Å²) < 4.78 is 5.45. The van der Waals surface area contributed by atoms with Crippen LogP contribution in [0.15, 0.2) is 41.3 Å². The Bertz CT molecular complexity index is 1030. The highest BCUT2D eigenvalue weighted by atomic mass is 32.2. The number of benzene rings is 2. The quantitative estimate of drug-likeness (QED) is 0.616. The number of thioether (sulfide) groups is 1. The number of rotatable bonds is 4. The van der Waals surface area contributed by atoms with E-state index in [0.717, 1.165) is 40.3 Å². The number of thiazole rings is 1. The van der Waals surface area contributed by atoms with Crippen LogP contribution >= 0.6 is 23.1 Å². The fourth-order valence-corrected chi connectivity index (χ4v) is 4.97. The van der Waals surface area contributed by atoms with E-state index in [1.165, 1.54) is 10.4 Å². The average Bonchev–Trinajstić information content (AvgIpc) is 3.10. The zero-order valence-corrected chi connectivity index (χ0v) is 17.1. The van der Waals surface area contributed by atoms with Gasteiger partial charge >= 0.3 is 0 Å². The molecule has 0 unspecified atom stereocenters. The smallest absolute Gasteiger partial charge is 0.258 e. The Kier molecular flexibility index (Phi) is 4.93. The molecule has 0 radical (unpaired) electrons. The maximum absolute atomic E-state index is 12.7. The summed E-state index contributed by atoms with van der Waals surface area (Å²) in [6, 6.07) is 11.9. The van der Waals surface area contributed by atoms with Gasteiger partial charge in [0.2, 0.25) is 0 Å². The Hall–Kier alpha value is -2.31. The minimum atomic E-state index is -0.114. The normalized spacial score (nSPS) is 12.3. The van der Waals surface area contributed by atoms with Crippen LogP contribution in [0, 0.1) is 6.92 Å². The van der Waals surface area contributed by atoms with E-state index in [4.69, 9.17) is 9.72 Å². The first-order chi connectivity index (χ1) is 13.1. The molecule has 0 saturated carbocycles. The standard InChI is InChI=1S/C21H20N2O2S2/c1-12-10-15-13(11-16(12)25-2)8-9-18-19(15)22-21(27-18)23-20(24)14-6-4-5-7-17(14)26-3/h4-7,10-11H,8-9H2,1-3H3,(H,22,23,24). The molecule has 138 valence electrons. The van der Waals surface area contributed by atoms with Gasteiger partial charge in [0.15, 0.2) is 5.13 Å². The number of carbonyl (C=O) groups is 1. The number of carbonyl (C=O) groups excluding carboxylic acids is 1. The van der Waals surface area contributed by atoms with Crippen molar-refractivity contribution >= 4 is 34.1 Å². The number of anilines is 1. The molecule has 1 N–H and O–H groups in total. The summed E-state index contributed by atoms with van der Waals surface area (Å²) in [7, 11) is 1.70. The van der Waals surface area contributed by atoms with E-state index < -0.39 is 0 Å². The summed E-state index contributed by atoms with van der Waals surface area (Å²) in [5.41, 5.74) is 5.16. The van der Waals surface area contributed by atoms with Gasteiger partial charge in [-0.3, -0.25) is 10.1 Å². The van der Waals surface area contributed by atoms with Gasteiger partial charge in [0.1, 0.15) is 5.75 Å². The van der Waals surface area contributed by atoms with Crippen LogP contribution < -0.4 is 10.1 Å². The molecule has 27 heavy (non-hydrogen) atoms. The lowest BCUT2D eigenvalue weighted by Crippen LogP contribution is -2.12. The number of amides is 1. The van der Waals surface area contributed by atoms with Crippen molar-refractivity contribution in [3.8, 4) is 17.0 Å².